The quantitative estimate of drug-likeness (QED) is 0.187. The fraction of sp³-hybridized carbons (Fsp3) is 0. The molecule has 4 aromatic heterocycles. The van der Waals surface area contributed by atoms with Crippen molar-refractivity contribution in [3.8, 4) is 39.2 Å². The van der Waals surface area contributed by atoms with Crippen molar-refractivity contribution in [2.24, 2.45) is 0 Å². The Labute approximate surface area is 297 Å². The third-order valence-corrected chi connectivity index (χ3v) is 11.4. The molecule has 11 rings (SSSR count). The van der Waals surface area contributed by atoms with Crippen LogP contribution in [0.5, 0.6) is 0 Å². The number of hydrogen-bond donors (Lipinski definition) is 0. The van der Waals surface area contributed by atoms with Gasteiger partial charge in [0.15, 0.2) is 5.58 Å². The number of rotatable bonds is 4. The third-order valence-electron chi connectivity index (χ3n) is 10.2. The molecular weight excluding hydrogens is 641 g/mol. The van der Waals surface area contributed by atoms with Gasteiger partial charge in [-0.1, -0.05) is 97.1 Å². The topological polar surface area (TPSA) is 31.0 Å². The Bertz CT molecular complexity index is 3110. The number of nitrogens with zero attached hydrogens (tertiary/aromatic N) is 2. The van der Waals surface area contributed by atoms with Gasteiger partial charge in [0.2, 0.25) is 0 Å². The Morgan fingerprint density at radius 2 is 1.00 bits per heavy atom. The molecule has 11 aromatic rings. The van der Waals surface area contributed by atoms with Crippen molar-refractivity contribution in [2.45, 2.75) is 0 Å². The second kappa shape index (κ2) is 11.0. The molecule has 0 amide bonds. The first-order valence-electron chi connectivity index (χ1n) is 17.2. The zero-order valence-electron chi connectivity index (χ0n) is 27.4. The maximum atomic E-state index is 6.03. The van der Waals surface area contributed by atoms with E-state index in [-0.39, 0.29) is 0 Å². The summed E-state index contributed by atoms with van der Waals surface area (Å²) in [7, 11) is 0. The van der Waals surface area contributed by atoms with E-state index in [4.69, 9.17) is 9.40 Å². The monoisotopic (exact) mass is 668 g/mol. The van der Waals surface area contributed by atoms with Crippen molar-refractivity contribution in [1.82, 2.24) is 9.55 Å². The van der Waals surface area contributed by atoms with Gasteiger partial charge in [-0.3, -0.25) is 4.98 Å². The van der Waals surface area contributed by atoms with Crippen LogP contribution in [0.3, 0.4) is 0 Å². The van der Waals surface area contributed by atoms with E-state index in [9.17, 15) is 0 Å². The van der Waals surface area contributed by atoms with Gasteiger partial charge in [0, 0.05) is 53.0 Å². The van der Waals surface area contributed by atoms with E-state index in [0.29, 0.717) is 0 Å². The number of thiophene rings is 1. The maximum Gasteiger partial charge on any atom is 0.153 e. The van der Waals surface area contributed by atoms with Gasteiger partial charge in [-0.25, -0.2) is 0 Å². The van der Waals surface area contributed by atoms with Crippen LogP contribution in [0.1, 0.15) is 0 Å². The van der Waals surface area contributed by atoms with Crippen molar-refractivity contribution in [3.05, 3.63) is 170 Å². The van der Waals surface area contributed by atoms with Gasteiger partial charge in [-0.05, 0) is 89.0 Å². The first kappa shape index (κ1) is 28.4. The third kappa shape index (κ3) is 4.47. The normalized spacial score (nSPS) is 11.9. The SMILES string of the molecule is c1cc(-c2ccc3sc4ccc(-c5cccc(-n6c7ccccc7c7ccccc76)c5)cc4c3c2)cc(-c2cc3c(cn2)oc2ccccc23)c1. The molecule has 0 unspecified atom stereocenters. The zero-order chi connectivity index (χ0) is 33.5. The number of hydrogen-bond acceptors (Lipinski definition) is 3. The van der Waals surface area contributed by atoms with Gasteiger partial charge in [0.25, 0.3) is 0 Å². The molecule has 0 radical (unpaired) electrons. The molecule has 3 nitrogen and oxygen atoms in total. The van der Waals surface area contributed by atoms with Crippen molar-refractivity contribution in [1.29, 1.82) is 0 Å². The van der Waals surface area contributed by atoms with E-state index < -0.39 is 0 Å². The summed E-state index contributed by atoms with van der Waals surface area (Å²) in [5.41, 5.74) is 12.1. The Morgan fingerprint density at radius 1 is 0.412 bits per heavy atom. The van der Waals surface area contributed by atoms with Gasteiger partial charge >= 0.3 is 0 Å². The molecule has 51 heavy (non-hydrogen) atoms. The standard InChI is InChI=1S/C47H28N2OS/c1-4-16-42-35(13-1)36-14-2-5-17-43(36)49(42)34-12-8-10-30(24-34)32-20-22-47-40(26-32)39-25-31(19-21-46(39)51-47)29-9-7-11-33(23-29)41-27-38-37-15-3-6-18-44(37)50-45(38)28-48-41/h1-28H. The summed E-state index contributed by atoms with van der Waals surface area (Å²) in [4.78, 5) is 4.79. The highest BCUT2D eigenvalue weighted by Crippen LogP contribution is 2.40. The van der Waals surface area contributed by atoms with Crippen LogP contribution >= 0.6 is 11.3 Å². The van der Waals surface area contributed by atoms with Gasteiger partial charge < -0.3 is 8.98 Å². The molecule has 0 aliphatic heterocycles. The summed E-state index contributed by atoms with van der Waals surface area (Å²) in [6.45, 7) is 0. The van der Waals surface area contributed by atoms with Crippen LogP contribution in [-0.2, 0) is 0 Å². The van der Waals surface area contributed by atoms with Gasteiger partial charge in [-0.15, -0.1) is 11.3 Å². The Kier molecular flexibility index (Phi) is 6.12. The number of benzene rings is 7. The molecule has 4 heterocycles. The zero-order valence-corrected chi connectivity index (χ0v) is 28.2. The lowest BCUT2D eigenvalue weighted by Crippen LogP contribution is -1.94. The van der Waals surface area contributed by atoms with Crippen LogP contribution in [0.2, 0.25) is 0 Å². The molecule has 4 heteroatoms. The summed E-state index contributed by atoms with van der Waals surface area (Å²) in [5, 5.41) is 7.31. The van der Waals surface area contributed by atoms with Crippen molar-refractivity contribution < 1.29 is 4.42 Å². The van der Waals surface area contributed by atoms with Crippen LogP contribution in [0.4, 0.5) is 0 Å². The van der Waals surface area contributed by atoms with Crippen molar-refractivity contribution in [2.75, 3.05) is 0 Å². The second-order valence-electron chi connectivity index (χ2n) is 13.2. The number of furan rings is 1. The van der Waals surface area contributed by atoms with Crippen LogP contribution in [0.25, 0.3) is 103 Å². The number of pyridine rings is 1. The van der Waals surface area contributed by atoms with E-state index >= 15 is 0 Å². The highest BCUT2D eigenvalue weighted by molar-refractivity contribution is 7.25. The van der Waals surface area contributed by atoms with Gasteiger partial charge in [0.1, 0.15) is 5.58 Å². The molecule has 7 aromatic carbocycles. The molecule has 0 aliphatic rings. The van der Waals surface area contributed by atoms with Crippen molar-refractivity contribution >= 4 is 75.3 Å². The molecule has 238 valence electrons. The first-order valence-corrected chi connectivity index (χ1v) is 18.0. The minimum absolute atomic E-state index is 0.809. The summed E-state index contributed by atoms with van der Waals surface area (Å²) >= 11 is 1.85. The maximum absolute atomic E-state index is 6.03. The number of fused-ring (bicyclic) bond motifs is 9. The molecule has 0 saturated heterocycles. The van der Waals surface area contributed by atoms with Crippen LogP contribution in [-0.4, -0.2) is 9.55 Å². The lowest BCUT2D eigenvalue weighted by atomic mass is 9.98. The molecule has 0 aliphatic carbocycles. The lowest BCUT2D eigenvalue weighted by molar-refractivity contribution is 0.667. The largest absolute Gasteiger partial charge is 0.454 e. The van der Waals surface area contributed by atoms with E-state index in [0.717, 1.165) is 38.9 Å². The van der Waals surface area contributed by atoms with E-state index in [2.05, 4.69) is 156 Å². The highest BCUT2D eigenvalue weighted by atomic mass is 32.1. The first-order chi connectivity index (χ1) is 25.2. The molecule has 0 saturated carbocycles. The van der Waals surface area contributed by atoms with Crippen LogP contribution < -0.4 is 0 Å². The summed E-state index contributed by atoms with van der Waals surface area (Å²) in [5.74, 6) is 0. The minimum atomic E-state index is 0.809. The summed E-state index contributed by atoms with van der Waals surface area (Å²) in [6, 6.07) is 59.1. The Morgan fingerprint density at radius 3 is 1.73 bits per heavy atom. The Balaban J connectivity index is 0.994. The molecule has 0 fully saturated rings. The average Bonchev–Trinajstić information content (AvgIpc) is 3.86. The van der Waals surface area contributed by atoms with Crippen LogP contribution in [0.15, 0.2) is 174 Å². The van der Waals surface area contributed by atoms with E-state index in [1.165, 1.54) is 64.2 Å². The Hall–Kier alpha value is -6.49. The number of para-hydroxylation sites is 3. The second-order valence-corrected chi connectivity index (χ2v) is 14.3. The van der Waals surface area contributed by atoms with Gasteiger partial charge in [-0.2, -0.15) is 0 Å². The molecular formula is C47H28N2OS. The fourth-order valence-electron chi connectivity index (χ4n) is 7.81. The van der Waals surface area contributed by atoms with Crippen LogP contribution in [0, 0.1) is 0 Å². The lowest BCUT2D eigenvalue weighted by Gasteiger charge is -2.10. The van der Waals surface area contributed by atoms with Crippen molar-refractivity contribution in [3.63, 3.8) is 0 Å². The minimum Gasteiger partial charge on any atom is -0.454 e. The molecule has 0 N–H and O–H groups in total. The average molecular weight is 669 g/mol. The van der Waals surface area contributed by atoms with E-state index in [1.54, 1.807) is 0 Å². The molecule has 0 atom stereocenters. The van der Waals surface area contributed by atoms with Gasteiger partial charge in [0.05, 0.1) is 22.9 Å². The summed E-state index contributed by atoms with van der Waals surface area (Å²) < 4.78 is 11.0. The molecule has 0 spiro atoms. The smallest absolute Gasteiger partial charge is 0.153 e. The molecule has 0 bridgehead atoms. The number of aromatic nitrogens is 2. The fourth-order valence-corrected chi connectivity index (χ4v) is 8.88. The predicted octanol–water partition coefficient (Wildman–Crippen LogP) is 13.4. The predicted molar refractivity (Wildman–Crippen MR) is 215 cm³/mol. The van der Waals surface area contributed by atoms with E-state index in [1.807, 2.05) is 29.7 Å². The summed E-state index contributed by atoms with van der Waals surface area (Å²) in [6.07, 6.45) is 1.84. The highest BCUT2D eigenvalue weighted by Gasteiger charge is 2.14.